The predicted octanol–water partition coefficient (Wildman–Crippen LogP) is 2.80. The highest BCUT2D eigenvalue weighted by Crippen LogP contribution is 2.44. The first-order chi connectivity index (χ1) is 11.0. The zero-order chi connectivity index (χ0) is 16.4. The van der Waals surface area contributed by atoms with Crippen molar-refractivity contribution in [2.75, 3.05) is 6.61 Å². The van der Waals surface area contributed by atoms with Crippen LogP contribution in [0.4, 0.5) is 4.39 Å². The zero-order valence-electron chi connectivity index (χ0n) is 12.8. The van der Waals surface area contributed by atoms with E-state index >= 15 is 0 Å². The standard InChI is InChI=1S/C17H20FNO4/c18-11-4-5-12-13(3-1-8-23-14(12)9-11)19-15(20)10-17(16(21)22)6-2-7-17/h4-5,9,13H,1-3,6-8,10H2,(H,19,20)(H,21,22). The fourth-order valence-electron chi connectivity index (χ4n) is 3.32. The van der Waals surface area contributed by atoms with Gasteiger partial charge in [0.1, 0.15) is 11.6 Å². The van der Waals surface area contributed by atoms with E-state index in [0.29, 0.717) is 31.6 Å². The summed E-state index contributed by atoms with van der Waals surface area (Å²) in [6.07, 6.45) is 3.36. The number of carboxylic acids is 1. The molecule has 1 saturated carbocycles. The van der Waals surface area contributed by atoms with Crippen molar-refractivity contribution >= 4 is 11.9 Å². The number of carboxylic acid groups (broad SMARTS) is 1. The first kappa shape index (κ1) is 15.8. The van der Waals surface area contributed by atoms with Gasteiger partial charge in [0.25, 0.3) is 0 Å². The number of ether oxygens (including phenoxy) is 1. The molecule has 2 N–H and O–H groups in total. The lowest BCUT2D eigenvalue weighted by Crippen LogP contribution is -2.43. The summed E-state index contributed by atoms with van der Waals surface area (Å²) in [5, 5.41) is 12.2. The van der Waals surface area contributed by atoms with E-state index in [1.165, 1.54) is 12.1 Å². The molecular formula is C17H20FNO4. The van der Waals surface area contributed by atoms with Crippen molar-refractivity contribution in [2.45, 2.75) is 44.6 Å². The minimum absolute atomic E-state index is 0.00375. The third-order valence-corrected chi connectivity index (χ3v) is 4.84. The van der Waals surface area contributed by atoms with E-state index in [0.717, 1.165) is 18.4 Å². The van der Waals surface area contributed by atoms with Crippen LogP contribution in [0.1, 0.15) is 50.1 Å². The number of hydrogen-bond donors (Lipinski definition) is 2. The Morgan fingerprint density at radius 1 is 1.35 bits per heavy atom. The minimum Gasteiger partial charge on any atom is -0.493 e. The molecule has 5 nitrogen and oxygen atoms in total. The summed E-state index contributed by atoms with van der Waals surface area (Å²) in [7, 11) is 0. The van der Waals surface area contributed by atoms with Crippen molar-refractivity contribution in [3.05, 3.63) is 29.6 Å². The van der Waals surface area contributed by atoms with Crippen molar-refractivity contribution < 1.29 is 23.8 Å². The predicted molar refractivity (Wildman–Crippen MR) is 80.5 cm³/mol. The maximum absolute atomic E-state index is 13.3. The van der Waals surface area contributed by atoms with Gasteiger partial charge in [-0.05, 0) is 31.7 Å². The van der Waals surface area contributed by atoms with Crippen LogP contribution in [-0.4, -0.2) is 23.6 Å². The number of benzene rings is 1. The second-order valence-electron chi connectivity index (χ2n) is 6.41. The highest BCUT2D eigenvalue weighted by atomic mass is 19.1. The van der Waals surface area contributed by atoms with Crippen molar-refractivity contribution in [3.63, 3.8) is 0 Å². The van der Waals surface area contributed by atoms with E-state index in [9.17, 15) is 19.1 Å². The average molecular weight is 321 g/mol. The smallest absolute Gasteiger partial charge is 0.310 e. The highest BCUT2D eigenvalue weighted by molar-refractivity contribution is 5.85. The molecule has 0 spiro atoms. The summed E-state index contributed by atoms with van der Waals surface area (Å²) in [6.45, 7) is 0.474. The highest BCUT2D eigenvalue weighted by Gasteiger charge is 2.46. The van der Waals surface area contributed by atoms with Crippen molar-refractivity contribution in [3.8, 4) is 5.75 Å². The summed E-state index contributed by atoms with van der Waals surface area (Å²) in [5.41, 5.74) is -0.160. The number of amides is 1. The van der Waals surface area contributed by atoms with Gasteiger partial charge in [-0.3, -0.25) is 9.59 Å². The number of rotatable bonds is 4. The van der Waals surface area contributed by atoms with Crippen LogP contribution >= 0.6 is 0 Å². The molecule has 2 aliphatic rings. The molecule has 124 valence electrons. The molecule has 1 aliphatic heterocycles. The molecule has 1 aliphatic carbocycles. The number of carbonyl (C=O) groups is 2. The fraction of sp³-hybridized carbons (Fsp3) is 0.529. The Bertz CT molecular complexity index is 627. The van der Waals surface area contributed by atoms with Crippen molar-refractivity contribution in [1.29, 1.82) is 0 Å². The largest absolute Gasteiger partial charge is 0.493 e. The summed E-state index contributed by atoms with van der Waals surface area (Å²) >= 11 is 0. The van der Waals surface area contributed by atoms with Crippen LogP contribution in [0.3, 0.4) is 0 Å². The lowest BCUT2D eigenvalue weighted by molar-refractivity contribution is -0.157. The van der Waals surface area contributed by atoms with E-state index in [1.807, 2.05) is 0 Å². The molecule has 23 heavy (non-hydrogen) atoms. The number of aliphatic carboxylic acids is 1. The Kier molecular flexibility index (Phi) is 4.24. The molecule has 1 fully saturated rings. The Balaban J connectivity index is 1.72. The van der Waals surface area contributed by atoms with Gasteiger partial charge in [0.05, 0.1) is 18.1 Å². The number of fused-ring (bicyclic) bond motifs is 1. The molecule has 1 unspecified atom stereocenters. The minimum atomic E-state index is -0.906. The lowest BCUT2D eigenvalue weighted by atomic mass is 9.66. The van der Waals surface area contributed by atoms with Crippen LogP contribution in [0, 0.1) is 11.2 Å². The van der Waals surface area contributed by atoms with Crippen LogP contribution < -0.4 is 10.1 Å². The number of carbonyl (C=O) groups excluding carboxylic acids is 1. The van der Waals surface area contributed by atoms with Gasteiger partial charge < -0.3 is 15.2 Å². The van der Waals surface area contributed by atoms with Crippen LogP contribution in [0.25, 0.3) is 0 Å². The molecule has 1 atom stereocenters. The monoisotopic (exact) mass is 321 g/mol. The van der Waals surface area contributed by atoms with Gasteiger partial charge in [-0.25, -0.2) is 4.39 Å². The molecule has 1 aromatic carbocycles. The molecule has 0 aromatic heterocycles. The molecule has 0 saturated heterocycles. The van der Waals surface area contributed by atoms with E-state index in [1.54, 1.807) is 6.07 Å². The van der Waals surface area contributed by atoms with Gasteiger partial charge in [0.2, 0.25) is 5.91 Å². The van der Waals surface area contributed by atoms with Crippen molar-refractivity contribution in [1.82, 2.24) is 5.32 Å². The van der Waals surface area contributed by atoms with Gasteiger partial charge in [0, 0.05) is 18.1 Å². The Hall–Kier alpha value is -2.11. The summed E-state index contributed by atoms with van der Waals surface area (Å²) < 4.78 is 18.9. The fourth-order valence-corrected chi connectivity index (χ4v) is 3.32. The zero-order valence-corrected chi connectivity index (χ0v) is 12.8. The number of hydrogen-bond acceptors (Lipinski definition) is 3. The normalized spacial score (nSPS) is 22.0. The van der Waals surface area contributed by atoms with Gasteiger partial charge >= 0.3 is 5.97 Å². The Labute approximate surface area is 133 Å². The Morgan fingerprint density at radius 2 is 2.13 bits per heavy atom. The number of halogens is 1. The van der Waals surface area contributed by atoms with E-state index in [4.69, 9.17) is 4.74 Å². The molecule has 1 amide bonds. The van der Waals surface area contributed by atoms with Crippen LogP contribution in [0.15, 0.2) is 18.2 Å². The van der Waals surface area contributed by atoms with Crippen molar-refractivity contribution in [2.24, 2.45) is 5.41 Å². The average Bonchev–Trinajstić information content (AvgIpc) is 2.64. The molecule has 1 aromatic rings. The van der Waals surface area contributed by atoms with Gasteiger partial charge in [-0.2, -0.15) is 0 Å². The molecule has 3 rings (SSSR count). The quantitative estimate of drug-likeness (QED) is 0.894. The Morgan fingerprint density at radius 3 is 2.78 bits per heavy atom. The topological polar surface area (TPSA) is 75.6 Å². The molecule has 6 heteroatoms. The van der Waals surface area contributed by atoms with Crippen LogP contribution in [0.2, 0.25) is 0 Å². The lowest BCUT2D eigenvalue weighted by Gasteiger charge is -2.37. The van der Waals surface area contributed by atoms with Crippen LogP contribution in [-0.2, 0) is 9.59 Å². The second kappa shape index (κ2) is 6.18. The maximum Gasteiger partial charge on any atom is 0.310 e. The summed E-state index contributed by atoms with van der Waals surface area (Å²) in [4.78, 5) is 23.7. The van der Waals surface area contributed by atoms with Crippen LogP contribution in [0.5, 0.6) is 5.75 Å². The molecule has 0 bridgehead atoms. The molecule has 1 heterocycles. The third kappa shape index (κ3) is 3.16. The molecule has 0 radical (unpaired) electrons. The van der Waals surface area contributed by atoms with E-state index < -0.39 is 11.4 Å². The van der Waals surface area contributed by atoms with Gasteiger partial charge in [-0.15, -0.1) is 0 Å². The van der Waals surface area contributed by atoms with Gasteiger partial charge in [-0.1, -0.05) is 12.5 Å². The maximum atomic E-state index is 13.3. The summed E-state index contributed by atoms with van der Waals surface area (Å²) in [6, 6.07) is 4.02. The first-order valence-corrected chi connectivity index (χ1v) is 7.95. The summed E-state index contributed by atoms with van der Waals surface area (Å²) in [5.74, 6) is -1.10. The van der Waals surface area contributed by atoms with E-state index in [-0.39, 0.29) is 24.2 Å². The second-order valence-corrected chi connectivity index (χ2v) is 6.41. The third-order valence-electron chi connectivity index (χ3n) is 4.84. The SMILES string of the molecule is O=C(CC1(C(=O)O)CCC1)NC1CCCOc2cc(F)ccc21. The van der Waals surface area contributed by atoms with E-state index in [2.05, 4.69) is 5.32 Å². The van der Waals surface area contributed by atoms with Gasteiger partial charge in [0.15, 0.2) is 0 Å². The molecular weight excluding hydrogens is 301 g/mol. The first-order valence-electron chi connectivity index (χ1n) is 7.95. The number of nitrogens with one attached hydrogen (secondary N) is 1.